The number of rotatable bonds is 8. The summed E-state index contributed by atoms with van der Waals surface area (Å²) in [5, 5.41) is 15.5. The summed E-state index contributed by atoms with van der Waals surface area (Å²) >= 11 is 0. The van der Waals surface area contributed by atoms with Crippen molar-refractivity contribution in [2.24, 2.45) is 0 Å². The van der Waals surface area contributed by atoms with Gasteiger partial charge in [-0.1, -0.05) is 54.6 Å². The number of amides is 2. The van der Waals surface area contributed by atoms with E-state index in [0.717, 1.165) is 16.7 Å². The van der Waals surface area contributed by atoms with Gasteiger partial charge >= 0.3 is 0 Å². The van der Waals surface area contributed by atoms with E-state index in [1.165, 1.54) is 31.3 Å². The molecule has 0 bridgehead atoms. The van der Waals surface area contributed by atoms with Gasteiger partial charge in [-0.05, 0) is 66.1 Å². The summed E-state index contributed by atoms with van der Waals surface area (Å²) in [7, 11) is 0. The maximum absolute atomic E-state index is 13.5. The molecule has 5 aromatic rings. The number of aromatic hydroxyl groups is 1. The van der Waals surface area contributed by atoms with Gasteiger partial charge in [0.05, 0.1) is 5.56 Å². The van der Waals surface area contributed by atoms with Gasteiger partial charge in [-0.25, -0.2) is 0 Å². The normalized spacial score (nSPS) is 11.5. The second-order valence-electron chi connectivity index (χ2n) is 9.68. The zero-order valence-electron chi connectivity index (χ0n) is 22.2. The minimum absolute atomic E-state index is 0.0247. The minimum atomic E-state index is -0.974. The number of carbonyl (C=O) groups is 3. The lowest BCUT2D eigenvalue weighted by atomic mass is 10.0. The molecule has 0 fully saturated rings. The molecule has 4 N–H and O–H groups in total. The molecule has 2 amide bonds. The van der Waals surface area contributed by atoms with E-state index in [0.29, 0.717) is 16.8 Å². The number of pyridine rings is 1. The molecule has 0 radical (unpaired) electrons. The second kappa shape index (κ2) is 11.7. The van der Waals surface area contributed by atoms with Gasteiger partial charge in [0.15, 0.2) is 11.2 Å². The third-order valence-electron chi connectivity index (χ3n) is 6.78. The number of phenols is 1. The first-order chi connectivity index (χ1) is 19.8. The summed E-state index contributed by atoms with van der Waals surface area (Å²) in [4.78, 5) is 54.2. The van der Waals surface area contributed by atoms with Crippen molar-refractivity contribution in [3.05, 3.63) is 130 Å². The third-order valence-corrected chi connectivity index (χ3v) is 6.78. The molecule has 5 rings (SSSR count). The van der Waals surface area contributed by atoms with Gasteiger partial charge in [0.2, 0.25) is 5.91 Å². The van der Waals surface area contributed by atoms with Gasteiger partial charge in [0, 0.05) is 34.8 Å². The summed E-state index contributed by atoms with van der Waals surface area (Å²) in [6.07, 6.45) is 1.53. The summed E-state index contributed by atoms with van der Waals surface area (Å²) < 4.78 is 0. The van der Waals surface area contributed by atoms with Crippen molar-refractivity contribution in [3.8, 4) is 16.9 Å². The van der Waals surface area contributed by atoms with Crippen LogP contribution < -0.4 is 16.1 Å². The van der Waals surface area contributed by atoms with Gasteiger partial charge in [0.25, 0.3) is 5.91 Å². The molecule has 0 aliphatic rings. The van der Waals surface area contributed by atoms with Gasteiger partial charge in [-0.15, -0.1) is 0 Å². The Morgan fingerprint density at radius 3 is 2.22 bits per heavy atom. The van der Waals surface area contributed by atoms with Crippen LogP contribution in [0.2, 0.25) is 0 Å². The van der Waals surface area contributed by atoms with E-state index in [2.05, 4.69) is 15.6 Å². The Kier molecular flexibility index (Phi) is 7.74. The molecule has 204 valence electrons. The predicted octanol–water partition coefficient (Wildman–Crippen LogP) is 5.08. The number of phenolic OH excluding ortho intramolecular Hbond substituents is 1. The standard InChI is InChI=1S/C33H27N3O5/c1-20(37)28-19-34-29-16-13-25(18-27(29)31(28)39)35-33(41)30(17-21-7-14-26(38)15-8-21)36-32(40)24-11-9-23(10-12-24)22-5-3-2-4-6-22/h2-16,18-19,30,38H,17H2,1H3,(H,34,39)(H,35,41)(H,36,40)/t30-/m0/s1. The van der Waals surface area contributed by atoms with E-state index in [1.54, 1.807) is 36.4 Å². The SMILES string of the molecule is CC(=O)c1c[nH]c2ccc(NC(=O)[C@H](Cc3ccc(O)cc3)NC(=O)c3ccc(-c4ccccc4)cc3)cc2c1=O. The largest absolute Gasteiger partial charge is 0.508 e. The van der Waals surface area contributed by atoms with Crippen LogP contribution in [0.25, 0.3) is 22.0 Å². The number of hydrogen-bond donors (Lipinski definition) is 4. The van der Waals surface area contributed by atoms with Crippen molar-refractivity contribution >= 4 is 34.2 Å². The molecule has 1 heterocycles. The lowest BCUT2D eigenvalue weighted by molar-refractivity contribution is -0.118. The summed E-state index contributed by atoms with van der Waals surface area (Å²) in [5.74, 6) is -1.20. The van der Waals surface area contributed by atoms with Crippen molar-refractivity contribution in [2.75, 3.05) is 5.32 Å². The van der Waals surface area contributed by atoms with Crippen LogP contribution in [-0.4, -0.2) is 33.7 Å². The van der Waals surface area contributed by atoms with Crippen molar-refractivity contribution in [3.63, 3.8) is 0 Å². The zero-order valence-corrected chi connectivity index (χ0v) is 22.2. The smallest absolute Gasteiger partial charge is 0.251 e. The average Bonchev–Trinajstić information content (AvgIpc) is 2.98. The van der Waals surface area contributed by atoms with Crippen LogP contribution in [0, 0.1) is 0 Å². The fraction of sp³-hybridized carbons (Fsp3) is 0.0909. The fourth-order valence-electron chi connectivity index (χ4n) is 4.55. The number of aromatic amines is 1. The van der Waals surface area contributed by atoms with Crippen LogP contribution in [-0.2, 0) is 11.2 Å². The molecular weight excluding hydrogens is 518 g/mol. The quantitative estimate of drug-likeness (QED) is 0.202. The molecular formula is C33H27N3O5. The highest BCUT2D eigenvalue weighted by Gasteiger charge is 2.23. The molecule has 8 heteroatoms. The molecule has 0 aliphatic carbocycles. The van der Waals surface area contributed by atoms with Gasteiger partial charge < -0.3 is 20.7 Å². The van der Waals surface area contributed by atoms with E-state index in [1.807, 2.05) is 42.5 Å². The lowest BCUT2D eigenvalue weighted by Crippen LogP contribution is -2.45. The summed E-state index contributed by atoms with van der Waals surface area (Å²) in [6, 6.07) is 27.0. The monoisotopic (exact) mass is 545 g/mol. The Balaban J connectivity index is 1.39. The average molecular weight is 546 g/mol. The Hall–Kier alpha value is -5.50. The predicted molar refractivity (Wildman–Crippen MR) is 158 cm³/mol. The number of Topliss-reactive ketones (excluding diaryl/α,β-unsaturated/α-hetero) is 1. The molecule has 0 saturated carbocycles. The molecule has 0 saturated heterocycles. The van der Waals surface area contributed by atoms with Gasteiger partial charge in [-0.2, -0.15) is 0 Å². The third kappa shape index (κ3) is 6.23. The first-order valence-corrected chi connectivity index (χ1v) is 13.0. The first-order valence-electron chi connectivity index (χ1n) is 13.0. The van der Waals surface area contributed by atoms with Crippen molar-refractivity contribution in [1.29, 1.82) is 0 Å². The van der Waals surface area contributed by atoms with E-state index >= 15 is 0 Å². The highest BCUT2D eigenvalue weighted by Crippen LogP contribution is 2.20. The van der Waals surface area contributed by atoms with Crippen LogP contribution in [0.1, 0.15) is 33.2 Å². The van der Waals surface area contributed by atoms with Crippen LogP contribution in [0.4, 0.5) is 5.69 Å². The Bertz CT molecular complexity index is 1790. The van der Waals surface area contributed by atoms with E-state index in [9.17, 15) is 24.3 Å². The van der Waals surface area contributed by atoms with Crippen LogP contribution in [0.15, 0.2) is 108 Å². The number of carbonyl (C=O) groups excluding carboxylic acids is 3. The van der Waals surface area contributed by atoms with Crippen LogP contribution in [0.5, 0.6) is 5.75 Å². The number of ketones is 1. The van der Waals surface area contributed by atoms with Crippen molar-refractivity contribution in [1.82, 2.24) is 10.3 Å². The fourth-order valence-corrected chi connectivity index (χ4v) is 4.55. The number of H-pyrrole nitrogens is 1. The Morgan fingerprint density at radius 2 is 1.54 bits per heavy atom. The summed E-state index contributed by atoms with van der Waals surface area (Å²) in [5.41, 5.74) is 3.54. The molecule has 4 aromatic carbocycles. The topological polar surface area (TPSA) is 128 Å². The Morgan fingerprint density at radius 1 is 0.854 bits per heavy atom. The van der Waals surface area contributed by atoms with E-state index in [4.69, 9.17) is 0 Å². The number of aromatic nitrogens is 1. The molecule has 0 unspecified atom stereocenters. The first kappa shape index (κ1) is 27.1. The zero-order chi connectivity index (χ0) is 28.9. The lowest BCUT2D eigenvalue weighted by Gasteiger charge is -2.19. The van der Waals surface area contributed by atoms with E-state index in [-0.39, 0.29) is 28.9 Å². The van der Waals surface area contributed by atoms with E-state index < -0.39 is 23.3 Å². The maximum Gasteiger partial charge on any atom is 0.251 e. The van der Waals surface area contributed by atoms with Gasteiger partial charge in [-0.3, -0.25) is 19.2 Å². The minimum Gasteiger partial charge on any atom is -0.508 e. The molecule has 0 spiro atoms. The maximum atomic E-state index is 13.5. The Labute approximate surface area is 235 Å². The molecule has 1 atom stereocenters. The highest BCUT2D eigenvalue weighted by atomic mass is 16.3. The van der Waals surface area contributed by atoms with Crippen LogP contribution in [0.3, 0.4) is 0 Å². The van der Waals surface area contributed by atoms with Crippen LogP contribution >= 0.6 is 0 Å². The molecule has 0 aliphatic heterocycles. The summed E-state index contributed by atoms with van der Waals surface area (Å²) in [6.45, 7) is 1.31. The second-order valence-corrected chi connectivity index (χ2v) is 9.68. The number of anilines is 1. The molecule has 8 nitrogen and oxygen atoms in total. The van der Waals surface area contributed by atoms with Crippen molar-refractivity contribution in [2.45, 2.75) is 19.4 Å². The van der Waals surface area contributed by atoms with Gasteiger partial charge in [0.1, 0.15) is 11.8 Å². The molecule has 41 heavy (non-hydrogen) atoms. The number of benzene rings is 4. The number of nitrogens with one attached hydrogen (secondary N) is 3. The number of hydrogen-bond acceptors (Lipinski definition) is 5. The number of fused-ring (bicyclic) bond motifs is 1. The highest BCUT2D eigenvalue weighted by molar-refractivity contribution is 6.03. The van der Waals surface area contributed by atoms with Crippen molar-refractivity contribution < 1.29 is 19.5 Å². The molecule has 1 aromatic heterocycles.